The standard InChI is InChI=1S/C18H22N2O3S/c1-20(14-8-11-24-12-9-14)18(21)19-16-6-2-3-7-17(16)23-13-15-5-4-10-22-15/h2-7,10,14H,8-9,11-13H2,1H3,(H,19,21). The highest BCUT2D eigenvalue weighted by molar-refractivity contribution is 7.99. The number of carbonyl (C=O) groups excluding carboxylic acids is 1. The van der Waals surface area contributed by atoms with E-state index in [1.807, 2.05) is 60.1 Å². The van der Waals surface area contributed by atoms with Crippen LogP contribution in [0.2, 0.25) is 0 Å². The Labute approximate surface area is 146 Å². The summed E-state index contributed by atoms with van der Waals surface area (Å²) < 4.78 is 11.0. The molecule has 0 radical (unpaired) electrons. The molecule has 0 aliphatic carbocycles. The molecule has 1 fully saturated rings. The lowest BCUT2D eigenvalue weighted by Crippen LogP contribution is -2.41. The van der Waals surface area contributed by atoms with Crippen molar-refractivity contribution < 1.29 is 13.9 Å². The molecule has 6 heteroatoms. The number of hydrogen-bond acceptors (Lipinski definition) is 4. The Kier molecular flexibility index (Phi) is 5.69. The largest absolute Gasteiger partial charge is 0.483 e. The van der Waals surface area contributed by atoms with E-state index in [0.717, 1.165) is 30.1 Å². The van der Waals surface area contributed by atoms with Crippen LogP contribution in [0, 0.1) is 0 Å². The maximum Gasteiger partial charge on any atom is 0.321 e. The third-order valence-corrected chi connectivity index (χ3v) is 5.19. The van der Waals surface area contributed by atoms with Crippen molar-refractivity contribution in [1.82, 2.24) is 4.90 Å². The first kappa shape index (κ1) is 16.8. The van der Waals surface area contributed by atoms with Crippen LogP contribution in [0.5, 0.6) is 5.75 Å². The summed E-state index contributed by atoms with van der Waals surface area (Å²) in [7, 11) is 1.86. The van der Waals surface area contributed by atoms with Gasteiger partial charge in [0, 0.05) is 13.1 Å². The molecule has 0 spiro atoms. The van der Waals surface area contributed by atoms with Gasteiger partial charge in [0.2, 0.25) is 0 Å². The van der Waals surface area contributed by atoms with Crippen LogP contribution in [-0.2, 0) is 6.61 Å². The van der Waals surface area contributed by atoms with E-state index in [0.29, 0.717) is 24.1 Å². The number of anilines is 1. The molecule has 0 bridgehead atoms. The van der Waals surface area contributed by atoms with Gasteiger partial charge in [0.1, 0.15) is 18.1 Å². The monoisotopic (exact) mass is 346 g/mol. The zero-order valence-corrected chi connectivity index (χ0v) is 14.6. The number of nitrogens with one attached hydrogen (secondary N) is 1. The van der Waals surface area contributed by atoms with Crippen LogP contribution < -0.4 is 10.1 Å². The predicted octanol–water partition coefficient (Wildman–Crippen LogP) is 4.22. The Morgan fingerprint density at radius 2 is 2.08 bits per heavy atom. The molecule has 1 N–H and O–H groups in total. The van der Waals surface area contributed by atoms with E-state index in [4.69, 9.17) is 9.15 Å². The SMILES string of the molecule is CN(C(=O)Nc1ccccc1OCc1ccco1)C1CCSCC1. The summed E-state index contributed by atoms with van der Waals surface area (Å²) in [6, 6.07) is 11.3. The van der Waals surface area contributed by atoms with Gasteiger partial charge in [0.25, 0.3) is 0 Å². The van der Waals surface area contributed by atoms with E-state index < -0.39 is 0 Å². The van der Waals surface area contributed by atoms with Gasteiger partial charge in [0.05, 0.1) is 12.0 Å². The Morgan fingerprint density at radius 3 is 2.83 bits per heavy atom. The van der Waals surface area contributed by atoms with Crippen molar-refractivity contribution in [3.05, 3.63) is 48.4 Å². The summed E-state index contributed by atoms with van der Waals surface area (Å²) in [5.41, 5.74) is 0.672. The average molecular weight is 346 g/mol. The summed E-state index contributed by atoms with van der Waals surface area (Å²) in [5.74, 6) is 3.61. The second-order valence-electron chi connectivity index (χ2n) is 5.75. The summed E-state index contributed by atoms with van der Waals surface area (Å²) >= 11 is 1.95. The van der Waals surface area contributed by atoms with Gasteiger partial charge in [-0.05, 0) is 48.6 Å². The molecular formula is C18H22N2O3S. The summed E-state index contributed by atoms with van der Waals surface area (Å²) in [4.78, 5) is 14.3. The van der Waals surface area contributed by atoms with Crippen LogP contribution >= 0.6 is 11.8 Å². The van der Waals surface area contributed by atoms with Gasteiger partial charge in [-0.15, -0.1) is 0 Å². The number of amides is 2. The fourth-order valence-electron chi connectivity index (χ4n) is 2.68. The second kappa shape index (κ2) is 8.15. The first-order valence-electron chi connectivity index (χ1n) is 8.10. The number of carbonyl (C=O) groups is 1. The summed E-state index contributed by atoms with van der Waals surface area (Å²) in [5, 5.41) is 2.96. The molecule has 2 amide bonds. The van der Waals surface area contributed by atoms with Crippen molar-refractivity contribution in [2.45, 2.75) is 25.5 Å². The third kappa shape index (κ3) is 4.26. The van der Waals surface area contributed by atoms with Crippen LogP contribution in [0.15, 0.2) is 47.1 Å². The van der Waals surface area contributed by atoms with E-state index >= 15 is 0 Å². The highest BCUT2D eigenvalue weighted by Gasteiger charge is 2.22. The molecule has 3 rings (SSSR count). The molecular weight excluding hydrogens is 324 g/mol. The molecule has 24 heavy (non-hydrogen) atoms. The maximum absolute atomic E-state index is 12.5. The minimum Gasteiger partial charge on any atom is -0.483 e. The molecule has 1 aromatic carbocycles. The topological polar surface area (TPSA) is 54.7 Å². The number of urea groups is 1. The quantitative estimate of drug-likeness (QED) is 0.881. The van der Waals surface area contributed by atoms with Crippen molar-refractivity contribution in [2.75, 3.05) is 23.9 Å². The molecule has 0 unspecified atom stereocenters. The fourth-order valence-corrected chi connectivity index (χ4v) is 3.76. The van der Waals surface area contributed by atoms with E-state index in [1.165, 1.54) is 0 Å². The molecule has 2 aromatic rings. The van der Waals surface area contributed by atoms with Gasteiger partial charge in [-0.1, -0.05) is 12.1 Å². The smallest absolute Gasteiger partial charge is 0.321 e. The van der Waals surface area contributed by atoms with Crippen LogP contribution in [0.1, 0.15) is 18.6 Å². The van der Waals surface area contributed by atoms with Crippen molar-refractivity contribution in [1.29, 1.82) is 0 Å². The Balaban J connectivity index is 1.62. The molecule has 0 atom stereocenters. The number of thioether (sulfide) groups is 1. The lowest BCUT2D eigenvalue weighted by atomic mass is 10.1. The number of ether oxygens (including phenoxy) is 1. The van der Waals surface area contributed by atoms with Gasteiger partial charge in [-0.2, -0.15) is 11.8 Å². The Hall–Kier alpha value is -2.08. The molecule has 2 heterocycles. The van der Waals surface area contributed by atoms with E-state index in [1.54, 1.807) is 6.26 Å². The molecule has 1 aliphatic heterocycles. The average Bonchev–Trinajstić information content (AvgIpc) is 3.14. The minimum absolute atomic E-state index is 0.0963. The van der Waals surface area contributed by atoms with Gasteiger partial charge < -0.3 is 19.4 Å². The lowest BCUT2D eigenvalue weighted by Gasteiger charge is -2.31. The molecule has 128 valence electrons. The number of para-hydroxylation sites is 2. The zero-order chi connectivity index (χ0) is 16.8. The van der Waals surface area contributed by atoms with Crippen LogP contribution in [-0.4, -0.2) is 35.5 Å². The van der Waals surface area contributed by atoms with Gasteiger partial charge in [-0.25, -0.2) is 4.79 Å². The summed E-state index contributed by atoms with van der Waals surface area (Å²) in [6.07, 6.45) is 3.71. The lowest BCUT2D eigenvalue weighted by molar-refractivity contribution is 0.200. The minimum atomic E-state index is -0.0963. The van der Waals surface area contributed by atoms with Gasteiger partial charge in [0.15, 0.2) is 0 Å². The van der Waals surface area contributed by atoms with E-state index in [-0.39, 0.29) is 6.03 Å². The zero-order valence-electron chi connectivity index (χ0n) is 13.7. The first-order valence-corrected chi connectivity index (χ1v) is 9.25. The third-order valence-electron chi connectivity index (χ3n) is 4.14. The maximum atomic E-state index is 12.5. The normalized spacial score (nSPS) is 15.0. The van der Waals surface area contributed by atoms with E-state index in [9.17, 15) is 4.79 Å². The van der Waals surface area contributed by atoms with Crippen LogP contribution in [0.25, 0.3) is 0 Å². The first-order chi connectivity index (χ1) is 11.7. The second-order valence-corrected chi connectivity index (χ2v) is 6.97. The highest BCUT2D eigenvalue weighted by atomic mass is 32.2. The Morgan fingerprint density at radius 1 is 1.29 bits per heavy atom. The van der Waals surface area contributed by atoms with Gasteiger partial charge in [-0.3, -0.25) is 0 Å². The molecule has 0 saturated carbocycles. The number of nitrogens with zero attached hydrogens (tertiary/aromatic N) is 1. The van der Waals surface area contributed by atoms with E-state index in [2.05, 4.69) is 5.32 Å². The molecule has 1 saturated heterocycles. The number of hydrogen-bond donors (Lipinski definition) is 1. The van der Waals surface area contributed by atoms with Crippen molar-refractivity contribution in [3.8, 4) is 5.75 Å². The predicted molar refractivity (Wildman–Crippen MR) is 96.6 cm³/mol. The fraction of sp³-hybridized carbons (Fsp3) is 0.389. The van der Waals surface area contributed by atoms with Crippen molar-refractivity contribution in [3.63, 3.8) is 0 Å². The number of benzene rings is 1. The number of rotatable bonds is 5. The van der Waals surface area contributed by atoms with Crippen molar-refractivity contribution in [2.24, 2.45) is 0 Å². The summed E-state index contributed by atoms with van der Waals surface area (Å²) in [6.45, 7) is 0.329. The molecule has 5 nitrogen and oxygen atoms in total. The molecule has 1 aliphatic rings. The van der Waals surface area contributed by atoms with Gasteiger partial charge >= 0.3 is 6.03 Å². The van der Waals surface area contributed by atoms with Crippen molar-refractivity contribution >= 4 is 23.5 Å². The van der Waals surface area contributed by atoms with Crippen LogP contribution in [0.4, 0.5) is 10.5 Å². The molecule has 1 aromatic heterocycles. The number of furan rings is 1. The van der Waals surface area contributed by atoms with Crippen LogP contribution in [0.3, 0.4) is 0 Å². The highest BCUT2D eigenvalue weighted by Crippen LogP contribution is 2.26. The Bertz CT molecular complexity index is 654.